The van der Waals surface area contributed by atoms with Crippen molar-refractivity contribution in [3.05, 3.63) is 249 Å². The van der Waals surface area contributed by atoms with Crippen molar-refractivity contribution in [1.82, 2.24) is 0 Å². The van der Waals surface area contributed by atoms with Gasteiger partial charge in [0.2, 0.25) is 0 Å². The minimum absolute atomic E-state index is 1.09. The Labute approximate surface area is 357 Å². The Morgan fingerprint density at radius 2 is 0.541 bits per heavy atom. The van der Waals surface area contributed by atoms with E-state index in [0.29, 0.717) is 0 Å². The van der Waals surface area contributed by atoms with Crippen LogP contribution in [0, 0.1) is 0 Å². The Morgan fingerprint density at radius 3 is 1.10 bits per heavy atom. The Balaban J connectivity index is 1.05. The van der Waals surface area contributed by atoms with Crippen LogP contribution in [-0.2, 0) is 0 Å². The SMILES string of the molecule is c1ccc(-c2ccc(N(c3ccc(-c4ccc5c6ccccc6c6ccccc6c5c4)cc3)c3ccc(-c4cccc(-c5ccccc5)c4)cc3-c3ccccc3)cc2)cc1. The molecule has 0 aliphatic rings. The van der Waals surface area contributed by atoms with Crippen molar-refractivity contribution in [2.45, 2.75) is 0 Å². The average molecular weight is 776 g/mol. The molecule has 286 valence electrons. The summed E-state index contributed by atoms with van der Waals surface area (Å²) in [5.41, 5.74) is 15.2. The molecule has 1 nitrogen and oxygen atoms in total. The Kier molecular flexibility index (Phi) is 9.26. The van der Waals surface area contributed by atoms with Crippen LogP contribution < -0.4 is 4.90 Å². The molecule has 0 atom stereocenters. The van der Waals surface area contributed by atoms with E-state index in [9.17, 15) is 0 Å². The summed E-state index contributed by atoms with van der Waals surface area (Å²) in [4.78, 5) is 2.41. The van der Waals surface area contributed by atoms with Gasteiger partial charge in [0.05, 0.1) is 5.69 Å². The maximum Gasteiger partial charge on any atom is 0.0540 e. The van der Waals surface area contributed by atoms with Crippen LogP contribution in [0.1, 0.15) is 0 Å². The van der Waals surface area contributed by atoms with Gasteiger partial charge in [0.1, 0.15) is 0 Å². The first kappa shape index (κ1) is 36.1. The van der Waals surface area contributed by atoms with Crippen molar-refractivity contribution < 1.29 is 0 Å². The van der Waals surface area contributed by atoms with Crippen molar-refractivity contribution in [3.8, 4) is 55.6 Å². The molecule has 0 saturated carbocycles. The summed E-state index contributed by atoms with van der Waals surface area (Å²) in [6.45, 7) is 0. The third-order valence-electron chi connectivity index (χ3n) is 12.1. The molecule has 0 unspecified atom stereocenters. The molecule has 11 rings (SSSR count). The van der Waals surface area contributed by atoms with Crippen molar-refractivity contribution in [2.24, 2.45) is 0 Å². The van der Waals surface area contributed by atoms with Gasteiger partial charge in [-0.15, -0.1) is 0 Å². The van der Waals surface area contributed by atoms with Crippen molar-refractivity contribution in [1.29, 1.82) is 0 Å². The van der Waals surface area contributed by atoms with E-state index in [2.05, 4.69) is 254 Å². The summed E-state index contributed by atoms with van der Waals surface area (Å²) in [7, 11) is 0. The molecule has 0 fully saturated rings. The minimum Gasteiger partial charge on any atom is -0.310 e. The van der Waals surface area contributed by atoms with Crippen LogP contribution >= 0.6 is 0 Å². The molecule has 0 bridgehead atoms. The predicted octanol–water partition coefficient (Wildman–Crippen LogP) is 17.0. The lowest BCUT2D eigenvalue weighted by molar-refractivity contribution is 1.28. The highest BCUT2D eigenvalue weighted by Crippen LogP contribution is 2.44. The number of rotatable bonds is 8. The van der Waals surface area contributed by atoms with E-state index in [1.165, 1.54) is 76.8 Å². The van der Waals surface area contributed by atoms with E-state index in [1.54, 1.807) is 0 Å². The monoisotopic (exact) mass is 775 g/mol. The van der Waals surface area contributed by atoms with Crippen LogP contribution in [0.15, 0.2) is 249 Å². The second kappa shape index (κ2) is 15.6. The van der Waals surface area contributed by atoms with Crippen LogP contribution in [0.25, 0.3) is 88.0 Å². The molecule has 0 aliphatic heterocycles. The Hall–Kier alpha value is -8.00. The van der Waals surface area contributed by atoms with Crippen LogP contribution in [0.4, 0.5) is 17.1 Å². The predicted molar refractivity (Wildman–Crippen MR) is 261 cm³/mol. The van der Waals surface area contributed by atoms with Crippen molar-refractivity contribution >= 4 is 49.4 Å². The van der Waals surface area contributed by atoms with Crippen LogP contribution in [0.3, 0.4) is 0 Å². The first-order valence-electron chi connectivity index (χ1n) is 21.0. The zero-order valence-corrected chi connectivity index (χ0v) is 33.6. The fourth-order valence-electron chi connectivity index (χ4n) is 9.02. The molecule has 0 aromatic heterocycles. The normalized spacial score (nSPS) is 11.3. The van der Waals surface area contributed by atoms with Crippen molar-refractivity contribution in [2.75, 3.05) is 4.90 Å². The molecule has 1 heteroatoms. The molecule has 0 saturated heterocycles. The molecule has 11 aromatic rings. The second-order valence-electron chi connectivity index (χ2n) is 15.7. The first-order valence-corrected chi connectivity index (χ1v) is 21.0. The lowest BCUT2D eigenvalue weighted by atomic mass is 9.92. The Bertz CT molecular complexity index is 3280. The molecule has 11 aromatic carbocycles. The van der Waals surface area contributed by atoms with Gasteiger partial charge in [-0.1, -0.05) is 200 Å². The van der Waals surface area contributed by atoms with Crippen LogP contribution in [-0.4, -0.2) is 0 Å². The van der Waals surface area contributed by atoms with E-state index in [0.717, 1.165) is 28.2 Å². The molecular weight excluding hydrogens is 735 g/mol. The maximum atomic E-state index is 2.41. The summed E-state index contributed by atoms with van der Waals surface area (Å²) >= 11 is 0. The van der Waals surface area contributed by atoms with Gasteiger partial charge in [-0.3, -0.25) is 0 Å². The highest BCUT2D eigenvalue weighted by atomic mass is 15.1. The average Bonchev–Trinajstić information content (AvgIpc) is 3.35. The third kappa shape index (κ3) is 6.83. The van der Waals surface area contributed by atoms with Gasteiger partial charge >= 0.3 is 0 Å². The molecule has 0 amide bonds. The highest BCUT2D eigenvalue weighted by Gasteiger charge is 2.19. The molecule has 0 aliphatic carbocycles. The van der Waals surface area contributed by atoms with Gasteiger partial charge in [-0.2, -0.15) is 0 Å². The summed E-state index contributed by atoms with van der Waals surface area (Å²) in [5, 5.41) is 7.71. The summed E-state index contributed by atoms with van der Waals surface area (Å²) in [6.07, 6.45) is 0. The Morgan fingerprint density at radius 1 is 0.197 bits per heavy atom. The summed E-state index contributed by atoms with van der Waals surface area (Å²) in [5.74, 6) is 0. The first-order chi connectivity index (χ1) is 30.2. The maximum absolute atomic E-state index is 2.41. The van der Waals surface area contributed by atoms with E-state index in [-0.39, 0.29) is 0 Å². The van der Waals surface area contributed by atoms with Gasteiger partial charge < -0.3 is 4.90 Å². The van der Waals surface area contributed by atoms with Gasteiger partial charge in [-0.05, 0) is 131 Å². The minimum atomic E-state index is 1.09. The van der Waals surface area contributed by atoms with E-state index in [1.807, 2.05) is 0 Å². The zero-order chi connectivity index (χ0) is 40.5. The molecule has 0 N–H and O–H groups in total. The van der Waals surface area contributed by atoms with Crippen LogP contribution in [0.2, 0.25) is 0 Å². The third-order valence-corrected chi connectivity index (χ3v) is 12.1. The molecule has 0 radical (unpaired) electrons. The topological polar surface area (TPSA) is 3.24 Å². The number of benzene rings is 11. The lowest BCUT2D eigenvalue weighted by Gasteiger charge is -2.29. The van der Waals surface area contributed by atoms with Gasteiger partial charge in [-0.25, -0.2) is 0 Å². The fraction of sp³-hybridized carbons (Fsp3) is 0. The number of hydrogen-bond donors (Lipinski definition) is 0. The summed E-state index contributed by atoms with van der Waals surface area (Å²) in [6, 6.07) is 90.4. The molecule has 0 heterocycles. The zero-order valence-electron chi connectivity index (χ0n) is 33.6. The van der Waals surface area contributed by atoms with E-state index < -0.39 is 0 Å². The number of hydrogen-bond acceptors (Lipinski definition) is 1. The molecule has 61 heavy (non-hydrogen) atoms. The van der Waals surface area contributed by atoms with Gasteiger partial charge in [0.25, 0.3) is 0 Å². The second-order valence-corrected chi connectivity index (χ2v) is 15.7. The molecular formula is C60H41N. The van der Waals surface area contributed by atoms with Gasteiger partial charge in [0, 0.05) is 16.9 Å². The fourth-order valence-corrected chi connectivity index (χ4v) is 9.02. The van der Waals surface area contributed by atoms with Gasteiger partial charge in [0.15, 0.2) is 0 Å². The number of anilines is 3. The van der Waals surface area contributed by atoms with E-state index >= 15 is 0 Å². The van der Waals surface area contributed by atoms with E-state index in [4.69, 9.17) is 0 Å². The lowest BCUT2D eigenvalue weighted by Crippen LogP contribution is -2.11. The highest BCUT2D eigenvalue weighted by molar-refractivity contribution is 6.25. The summed E-state index contributed by atoms with van der Waals surface area (Å²) < 4.78 is 0. The smallest absolute Gasteiger partial charge is 0.0540 e. The number of fused-ring (bicyclic) bond motifs is 6. The molecule has 0 spiro atoms. The standard InChI is InChI=1S/C60H41N/c1-4-15-42(16-5-1)44-27-33-51(34-28-44)61(60-38-32-50(40-58(60)46-19-8-3-9-20-46)48-22-14-21-47(39-48)43-17-6-2-7-18-43)52-35-29-45(30-36-52)49-31-37-57-55-25-11-10-23-53(55)54-24-12-13-26-56(54)59(57)41-49/h1-41H. The number of nitrogens with zero attached hydrogens (tertiary/aromatic N) is 1. The largest absolute Gasteiger partial charge is 0.310 e. The van der Waals surface area contributed by atoms with Crippen molar-refractivity contribution in [3.63, 3.8) is 0 Å². The quantitative estimate of drug-likeness (QED) is 0.139. The van der Waals surface area contributed by atoms with Crippen LogP contribution in [0.5, 0.6) is 0 Å².